The minimum Gasteiger partial charge on any atom is -0.456 e. The molecule has 0 bridgehead atoms. The van der Waals surface area contributed by atoms with Crippen LogP contribution in [-0.2, 0) is 13.5 Å². The van der Waals surface area contributed by atoms with Crippen LogP contribution in [0.3, 0.4) is 0 Å². The Labute approximate surface area is 124 Å². The van der Waals surface area contributed by atoms with Gasteiger partial charge in [0.1, 0.15) is 5.76 Å². The van der Waals surface area contributed by atoms with Crippen LogP contribution in [0.15, 0.2) is 16.7 Å². The zero-order valence-corrected chi connectivity index (χ0v) is 13.0. The van der Waals surface area contributed by atoms with E-state index in [1.807, 2.05) is 44.9 Å². The number of nitrogens with zero attached hydrogens (tertiary/aromatic N) is 3. The Morgan fingerprint density at radius 3 is 2.90 bits per heavy atom. The molecule has 1 atom stereocenters. The molecule has 112 valence electrons. The van der Waals surface area contributed by atoms with Crippen molar-refractivity contribution < 1.29 is 9.21 Å². The highest BCUT2D eigenvalue weighted by Gasteiger charge is 2.31. The van der Waals surface area contributed by atoms with E-state index in [0.29, 0.717) is 5.76 Å². The zero-order chi connectivity index (χ0) is 15.1. The minimum atomic E-state index is -0.0534. The molecular weight excluding hydrogens is 266 g/mol. The van der Waals surface area contributed by atoms with Crippen LogP contribution in [0.2, 0.25) is 0 Å². The van der Waals surface area contributed by atoms with Gasteiger partial charge >= 0.3 is 0 Å². The topological polar surface area (TPSA) is 51.3 Å². The van der Waals surface area contributed by atoms with Gasteiger partial charge in [-0.25, -0.2) is 0 Å². The van der Waals surface area contributed by atoms with E-state index in [9.17, 15) is 4.79 Å². The van der Waals surface area contributed by atoms with E-state index in [0.717, 1.165) is 30.6 Å². The summed E-state index contributed by atoms with van der Waals surface area (Å²) in [6.45, 7) is 3.78. The van der Waals surface area contributed by atoms with Crippen LogP contribution in [0.25, 0.3) is 0 Å². The quantitative estimate of drug-likeness (QED) is 0.853. The Balaban J connectivity index is 1.91. The minimum absolute atomic E-state index is 0.0534. The van der Waals surface area contributed by atoms with Gasteiger partial charge in [-0.05, 0) is 39.2 Å². The van der Waals surface area contributed by atoms with Gasteiger partial charge in [0.15, 0.2) is 5.76 Å². The van der Waals surface area contributed by atoms with Crippen molar-refractivity contribution in [3.8, 4) is 0 Å². The van der Waals surface area contributed by atoms with Gasteiger partial charge < -0.3 is 9.32 Å². The first-order chi connectivity index (χ1) is 9.99. The monoisotopic (exact) mass is 287 g/mol. The number of carbonyl (C=O) groups is 1. The van der Waals surface area contributed by atoms with Gasteiger partial charge in [0.05, 0.1) is 12.2 Å². The summed E-state index contributed by atoms with van der Waals surface area (Å²) in [6, 6.07) is 1.98. The highest BCUT2D eigenvalue weighted by atomic mass is 16.4. The molecule has 2 aromatic heterocycles. The van der Waals surface area contributed by atoms with Gasteiger partial charge in [0.2, 0.25) is 0 Å². The molecule has 1 amide bonds. The van der Waals surface area contributed by atoms with Gasteiger partial charge in [-0.1, -0.05) is 0 Å². The van der Waals surface area contributed by atoms with E-state index < -0.39 is 0 Å². The predicted octanol–water partition coefficient (Wildman–Crippen LogP) is 2.78. The molecule has 0 aliphatic heterocycles. The van der Waals surface area contributed by atoms with E-state index in [2.05, 4.69) is 5.10 Å². The van der Waals surface area contributed by atoms with Crippen molar-refractivity contribution in [1.29, 1.82) is 0 Å². The third-order valence-electron chi connectivity index (χ3n) is 4.37. The van der Waals surface area contributed by atoms with Crippen LogP contribution < -0.4 is 0 Å². The third-order valence-corrected chi connectivity index (χ3v) is 4.37. The van der Waals surface area contributed by atoms with Crippen LogP contribution in [0, 0.1) is 13.8 Å². The maximum absolute atomic E-state index is 12.7. The molecule has 0 aromatic carbocycles. The van der Waals surface area contributed by atoms with Crippen molar-refractivity contribution in [2.45, 2.75) is 39.2 Å². The molecule has 1 unspecified atom stereocenters. The molecule has 0 saturated heterocycles. The summed E-state index contributed by atoms with van der Waals surface area (Å²) in [6.07, 6.45) is 4.97. The van der Waals surface area contributed by atoms with E-state index >= 15 is 0 Å². The molecule has 2 heterocycles. The summed E-state index contributed by atoms with van der Waals surface area (Å²) in [5.74, 6) is 1.17. The Morgan fingerprint density at radius 1 is 1.48 bits per heavy atom. The van der Waals surface area contributed by atoms with E-state index in [1.54, 1.807) is 4.90 Å². The number of aromatic nitrogens is 2. The molecule has 0 N–H and O–H groups in total. The molecule has 5 nitrogen and oxygen atoms in total. The summed E-state index contributed by atoms with van der Waals surface area (Å²) in [5.41, 5.74) is 3.30. The van der Waals surface area contributed by atoms with Crippen LogP contribution in [0.4, 0.5) is 0 Å². The molecule has 2 aromatic rings. The third kappa shape index (κ3) is 2.26. The van der Waals surface area contributed by atoms with E-state index in [4.69, 9.17) is 4.42 Å². The highest BCUT2D eigenvalue weighted by Crippen LogP contribution is 2.34. The SMILES string of the molecule is Cc1cc(C)c(C(=O)N(C)C2CCCc3c2cnn3C)o1. The number of furan rings is 1. The molecule has 1 aliphatic carbocycles. The van der Waals surface area contributed by atoms with Crippen LogP contribution in [0.5, 0.6) is 0 Å². The largest absolute Gasteiger partial charge is 0.456 e. The average Bonchev–Trinajstić information content (AvgIpc) is 3.00. The number of amides is 1. The lowest BCUT2D eigenvalue weighted by atomic mass is 9.92. The summed E-state index contributed by atoms with van der Waals surface area (Å²) >= 11 is 0. The van der Waals surface area contributed by atoms with Crippen molar-refractivity contribution in [2.75, 3.05) is 7.05 Å². The zero-order valence-electron chi connectivity index (χ0n) is 13.0. The lowest BCUT2D eigenvalue weighted by molar-refractivity contribution is 0.0680. The first-order valence-corrected chi connectivity index (χ1v) is 7.34. The molecular formula is C16H21N3O2. The van der Waals surface area contributed by atoms with Crippen molar-refractivity contribution in [2.24, 2.45) is 7.05 Å². The van der Waals surface area contributed by atoms with Gasteiger partial charge in [-0.3, -0.25) is 9.48 Å². The van der Waals surface area contributed by atoms with Crippen molar-refractivity contribution in [3.05, 3.63) is 40.6 Å². The fourth-order valence-corrected chi connectivity index (χ4v) is 3.24. The number of rotatable bonds is 2. The summed E-state index contributed by atoms with van der Waals surface area (Å²) in [7, 11) is 3.81. The summed E-state index contributed by atoms with van der Waals surface area (Å²) < 4.78 is 7.49. The first-order valence-electron chi connectivity index (χ1n) is 7.34. The summed E-state index contributed by atoms with van der Waals surface area (Å²) in [4.78, 5) is 14.5. The Bertz CT molecular complexity index is 684. The number of hydrogen-bond acceptors (Lipinski definition) is 3. The number of fused-ring (bicyclic) bond motifs is 1. The molecule has 0 saturated carbocycles. The predicted molar refractivity (Wildman–Crippen MR) is 79.2 cm³/mol. The molecule has 21 heavy (non-hydrogen) atoms. The van der Waals surface area contributed by atoms with Gasteiger partial charge in [0.25, 0.3) is 5.91 Å². The van der Waals surface area contributed by atoms with Crippen LogP contribution in [0.1, 0.15) is 52.0 Å². The van der Waals surface area contributed by atoms with Gasteiger partial charge in [0, 0.05) is 30.9 Å². The maximum atomic E-state index is 12.7. The molecule has 5 heteroatoms. The molecule has 1 aliphatic rings. The first kappa shape index (κ1) is 13.9. The fraction of sp³-hybridized carbons (Fsp3) is 0.500. The highest BCUT2D eigenvalue weighted by molar-refractivity contribution is 5.93. The lowest BCUT2D eigenvalue weighted by Gasteiger charge is -2.31. The number of aryl methyl sites for hydroxylation is 3. The second kappa shape index (κ2) is 5.06. The Hall–Kier alpha value is -2.04. The van der Waals surface area contributed by atoms with Crippen molar-refractivity contribution in [3.63, 3.8) is 0 Å². The maximum Gasteiger partial charge on any atom is 0.290 e. The summed E-state index contributed by atoms with van der Waals surface area (Å²) in [5, 5.41) is 4.34. The Kier molecular flexibility index (Phi) is 3.35. The standard InChI is InChI=1S/C16H21N3O2/c1-10-8-11(2)21-15(10)16(20)18(3)13-6-5-7-14-12(13)9-17-19(14)4/h8-9,13H,5-7H2,1-4H3. The van der Waals surface area contributed by atoms with E-state index in [1.165, 1.54) is 11.3 Å². The van der Waals surface area contributed by atoms with Crippen molar-refractivity contribution >= 4 is 5.91 Å². The second-order valence-electron chi connectivity index (χ2n) is 5.86. The average molecular weight is 287 g/mol. The van der Waals surface area contributed by atoms with Gasteiger partial charge in [-0.15, -0.1) is 0 Å². The molecule has 3 rings (SSSR count). The number of hydrogen-bond donors (Lipinski definition) is 0. The normalized spacial score (nSPS) is 17.6. The molecule has 0 radical (unpaired) electrons. The number of carbonyl (C=O) groups excluding carboxylic acids is 1. The van der Waals surface area contributed by atoms with E-state index in [-0.39, 0.29) is 11.9 Å². The molecule has 0 fully saturated rings. The fourth-order valence-electron chi connectivity index (χ4n) is 3.24. The molecule has 0 spiro atoms. The smallest absolute Gasteiger partial charge is 0.290 e. The van der Waals surface area contributed by atoms with Gasteiger partial charge in [-0.2, -0.15) is 5.10 Å². The second-order valence-corrected chi connectivity index (χ2v) is 5.86. The van der Waals surface area contributed by atoms with Crippen LogP contribution >= 0.6 is 0 Å². The Morgan fingerprint density at radius 2 is 2.24 bits per heavy atom. The van der Waals surface area contributed by atoms with Crippen LogP contribution in [-0.4, -0.2) is 27.6 Å². The lowest BCUT2D eigenvalue weighted by Crippen LogP contribution is -2.33. The van der Waals surface area contributed by atoms with Crippen molar-refractivity contribution in [1.82, 2.24) is 14.7 Å².